The van der Waals surface area contributed by atoms with Gasteiger partial charge >= 0.3 is 0 Å². The van der Waals surface area contributed by atoms with Crippen LogP contribution in [-0.4, -0.2) is 17.6 Å². The van der Waals surface area contributed by atoms with Crippen LogP contribution in [0.3, 0.4) is 0 Å². The smallest absolute Gasteiger partial charge is 0.211 e. The topological polar surface area (TPSA) is 55.5 Å². The molecule has 0 aromatic heterocycles. The molecule has 0 radical (unpaired) electrons. The molecule has 0 spiro atoms. The Hall–Kier alpha value is -0.120. The molecule has 0 aliphatic heterocycles. The molecule has 1 unspecified atom stereocenters. The van der Waals surface area contributed by atoms with E-state index in [1.165, 1.54) is 12.8 Å². The van der Waals surface area contributed by atoms with Crippen molar-refractivity contribution in [1.29, 1.82) is 0 Å². The van der Waals surface area contributed by atoms with Gasteiger partial charge in [0, 0.05) is 0 Å². The van der Waals surface area contributed by atoms with E-state index in [0.29, 0.717) is 0 Å². The van der Waals surface area contributed by atoms with E-state index in [-0.39, 0.29) is 6.10 Å². The molecular formula is C6H13NO2. The zero-order valence-corrected chi connectivity index (χ0v) is 5.42. The lowest BCUT2D eigenvalue weighted by molar-refractivity contribution is -0.128. The second kappa shape index (κ2) is 3.15. The van der Waals surface area contributed by atoms with E-state index in [0.717, 1.165) is 12.8 Å². The van der Waals surface area contributed by atoms with Gasteiger partial charge < -0.3 is 9.84 Å². The van der Waals surface area contributed by atoms with Crippen molar-refractivity contribution < 1.29 is 9.84 Å². The first kappa shape index (κ1) is 6.99. The minimum atomic E-state index is -1.08. The van der Waals surface area contributed by atoms with E-state index in [9.17, 15) is 0 Å². The van der Waals surface area contributed by atoms with E-state index in [1.807, 2.05) is 0 Å². The third-order valence-electron chi connectivity index (χ3n) is 1.63. The highest BCUT2D eigenvalue weighted by Crippen LogP contribution is 2.20. The van der Waals surface area contributed by atoms with Gasteiger partial charge in [-0.2, -0.15) is 0 Å². The molecule has 54 valence electrons. The normalized spacial score (nSPS) is 24.7. The van der Waals surface area contributed by atoms with Gasteiger partial charge in [0.15, 0.2) is 0 Å². The van der Waals surface area contributed by atoms with E-state index < -0.39 is 6.41 Å². The van der Waals surface area contributed by atoms with E-state index in [2.05, 4.69) is 0 Å². The predicted octanol–water partition coefficient (Wildman–Crippen LogP) is 0.180. The molecule has 1 fully saturated rings. The van der Waals surface area contributed by atoms with Gasteiger partial charge in [0.05, 0.1) is 6.10 Å². The summed E-state index contributed by atoms with van der Waals surface area (Å²) in [6.07, 6.45) is 3.65. The summed E-state index contributed by atoms with van der Waals surface area (Å²) < 4.78 is 4.94. The Morgan fingerprint density at radius 3 is 2.44 bits per heavy atom. The van der Waals surface area contributed by atoms with Crippen LogP contribution >= 0.6 is 0 Å². The number of ether oxygens (including phenoxy) is 1. The van der Waals surface area contributed by atoms with Crippen molar-refractivity contribution in [2.24, 2.45) is 5.73 Å². The minimum absolute atomic E-state index is 0.213. The third-order valence-corrected chi connectivity index (χ3v) is 1.63. The minimum Gasteiger partial charge on any atom is -0.356 e. The van der Waals surface area contributed by atoms with Crippen LogP contribution in [0.4, 0.5) is 0 Å². The largest absolute Gasteiger partial charge is 0.356 e. The Labute approximate surface area is 54.8 Å². The zero-order valence-electron chi connectivity index (χ0n) is 5.42. The van der Waals surface area contributed by atoms with Crippen LogP contribution in [0.15, 0.2) is 0 Å². The Bertz CT molecular complexity index is 79.1. The lowest BCUT2D eigenvalue weighted by atomic mass is 10.3. The average molecular weight is 131 g/mol. The second-order valence-electron chi connectivity index (χ2n) is 2.43. The fourth-order valence-corrected chi connectivity index (χ4v) is 1.22. The van der Waals surface area contributed by atoms with Gasteiger partial charge in [0.1, 0.15) is 0 Å². The van der Waals surface area contributed by atoms with Crippen LogP contribution in [0.25, 0.3) is 0 Å². The first-order valence-electron chi connectivity index (χ1n) is 3.38. The zero-order chi connectivity index (χ0) is 6.69. The summed E-state index contributed by atoms with van der Waals surface area (Å²) in [5, 5.41) is 8.57. The standard InChI is InChI=1S/C6H13NO2/c7-6(8)9-5-3-1-2-4-5/h5-6,8H,1-4,7H2. The molecular weight excluding hydrogens is 118 g/mol. The first-order valence-corrected chi connectivity index (χ1v) is 3.38. The molecule has 1 aliphatic carbocycles. The maximum atomic E-state index is 8.57. The summed E-state index contributed by atoms with van der Waals surface area (Å²) in [7, 11) is 0. The van der Waals surface area contributed by atoms with Crippen molar-refractivity contribution in [3.05, 3.63) is 0 Å². The molecule has 1 aliphatic rings. The fourth-order valence-electron chi connectivity index (χ4n) is 1.22. The van der Waals surface area contributed by atoms with Gasteiger partial charge in [-0.3, -0.25) is 5.73 Å². The van der Waals surface area contributed by atoms with Crippen molar-refractivity contribution in [3.8, 4) is 0 Å². The van der Waals surface area contributed by atoms with Crippen LogP contribution in [0.2, 0.25) is 0 Å². The monoisotopic (exact) mass is 131 g/mol. The molecule has 3 N–H and O–H groups in total. The quantitative estimate of drug-likeness (QED) is 0.525. The molecule has 9 heavy (non-hydrogen) atoms. The van der Waals surface area contributed by atoms with Crippen molar-refractivity contribution in [2.75, 3.05) is 0 Å². The summed E-state index contributed by atoms with van der Waals surface area (Å²) in [6, 6.07) is 0. The summed E-state index contributed by atoms with van der Waals surface area (Å²) in [5.41, 5.74) is 5.01. The van der Waals surface area contributed by atoms with Crippen molar-refractivity contribution in [2.45, 2.75) is 38.2 Å². The molecule has 1 rings (SSSR count). The lowest BCUT2D eigenvalue weighted by Crippen LogP contribution is -2.27. The second-order valence-corrected chi connectivity index (χ2v) is 2.43. The van der Waals surface area contributed by atoms with Crippen LogP contribution in [-0.2, 0) is 4.74 Å². The van der Waals surface area contributed by atoms with Crippen LogP contribution in [0, 0.1) is 0 Å². The fraction of sp³-hybridized carbons (Fsp3) is 1.00. The van der Waals surface area contributed by atoms with Crippen molar-refractivity contribution in [1.82, 2.24) is 0 Å². The Morgan fingerprint density at radius 1 is 1.44 bits per heavy atom. The number of hydrogen-bond donors (Lipinski definition) is 2. The summed E-state index contributed by atoms with van der Waals surface area (Å²) in [6.45, 7) is 0. The predicted molar refractivity (Wildman–Crippen MR) is 33.5 cm³/mol. The lowest BCUT2D eigenvalue weighted by Gasteiger charge is -2.12. The Balaban J connectivity index is 2.11. The molecule has 0 amide bonds. The molecule has 1 saturated carbocycles. The van der Waals surface area contributed by atoms with Gasteiger partial charge in [-0.05, 0) is 12.8 Å². The maximum absolute atomic E-state index is 8.57. The highest BCUT2D eigenvalue weighted by Gasteiger charge is 2.16. The number of hydrogen-bond acceptors (Lipinski definition) is 3. The number of rotatable bonds is 2. The van der Waals surface area contributed by atoms with E-state index in [1.54, 1.807) is 0 Å². The van der Waals surface area contributed by atoms with Crippen LogP contribution in [0.5, 0.6) is 0 Å². The maximum Gasteiger partial charge on any atom is 0.211 e. The summed E-state index contributed by atoms with van der Waals surface area (Å²) in [5.74, 6) is 0. The van der Waals surface area contributed by atoms with Gasteiger partial charge in [-0.1, -0.05) is 12.8 Å². The average Bonchev–Trinajstić information content (AvgIpc) is 2.15. The van der Waals surface area contributed by atoms with Gasteiger partial charge in [-0.15, -0.1) is 0 Å². The van der Waals surface area contributed by atoms with Crippen LogP contribution in [0.1, 0.15) is 25.7 Å². The third kappa shape index (κ3) is 2.30. The molecule has 3 nitrogen and oxygen atoms in total. The van der Waals surface area contributed by atoms with Crippen LogP contribution < -0.4 is 5.73 Å². The molecule has 3 heteroatoms. The molecule has 1 atom stereocenters. The van der Waals surface area contributed by atoms with E-state index >= 15 is 0 Å². The van der Waals surface area contributed by atoms with Gasteiger partial charge in [0.25, 0.3) is 0 Å². The van der Waals surface area contributed by atoms with Gasteiger partial charge in [-0.25, -0.2) is 0 Å². The molecule has 0 saturated heterocycles. The van der Waals surface area contributed by atoms with Crippen molar-refractivity contribution >= 4 is 0 Å². The van der Waals surface area contributed by atoms with Gasteiger partial charge in [0.2, 0.25) is 6.41 Å². The number of aliphatic hydroxyl groups is 1. The molecule has 0 bridgehead atoms. The molecule has 0 aromatic rings. The summed E-state index contributed by atoms with van der Waals surface area (Å²) >= 11 is 0. The first-order chi connectivity index (χ1) is 4.29. The van der Waals surface area contributed by atoms with E-state index in [4.69, 9.17) is 15.6 Å². The number of nitrogens with two attached hydrogens (primary N) is 1. The van der Waals surface area contributed by atoms with Crippen molar-refractivity contribution in [3.63, 3.8) is 0 Å². The number of aliphatic hydroxyl groups excluding tert-OH is 1. The molecule has 0 heterocycles. The molecule has 0 aromatic carbocycles. The highest BCUT2D eigenvalue weighted by molar-refractivity contribution is 4.66. The Morgan fingerprint density at radius 2 is 2.00 bits per heavy atom. The Kier molecular flexibility index (Phi) is 2.45. The highest BCUT2D eigenvalue weighted by atomic mass is 16.6. The SMILES string of the molecule is NC(O)OC1CCCC1. The summed E-state index contributed by atoms with van der Waals surface area (Å²) in [4.78, 5) is 0.